The van der Waals surface area contributed by atoms with E-state index in [1.165, 1.54) is 49.8 Å². The second-order valence-electron chi connectivity index (χ2n) is 7.53. The fourth-order valence-corrected chi connectivity index (χ4v) is 5.65. The van der Waals surface area contributed by atoms with Crippen LogP contribution in [0.4, 0.5) is 0 Å². The lowest BCUT2D eigenvalue weighted by Crippen LogP contribution is -2.48. The second kappa shape index (κ2) is 4.08. The molecule has 4 aliphatic rings. The Bertz CT molecular complexity index is 453. The Morgan fingerprint density at radius 3 is 2.26 bits per heavy atom. The molecule has 0 aliphatic heterocycles. The molecule has 4 bridgehead atoms. The Morgan fingerprint density at radius 1 is 1.21 bits per heavy atom. The van der Waals surface area contributed by atoms with Gasteiger partial charge in [0.05, 0.1) is 6.20 Å². The van der Waals surface area contributed by atoms with Gasteiger partial charge >= 0.3 is 0 Å². The van der Waals surface area contributed by atoms with Crippen LogP contribution in [0.2, 0.25) is 0 Å². The highest BCUT2D eigenvalue weighted by Crippen LogP contribution is 2.60. The molecule has 0 amide bonds. The van der Waals surface area contributed by atoms with Gasteiger partial charge in [0.2, 0.25) is 0 Å². The number of hydrogen-bond acceptors (Lipinski definition) is 2. The van der Waals surface area contributed by atoms with Gasteiger partial charge in [-0.25, -0.2) is 0 Å². The van der Waals surface area contributed by atoms with Crippen LogP contribution >= 0.6 is 0 Å². The quantitative estimate of drug-likeness (QED) is 0.907. The zero-order valence-corrected chi connectivity index (χ0v) is 11.9. The van der Waals surface area contributed by atoms with E-state index in [0.29, 0.717) is 12.0 Å². The maximum atomic E-state index is 5.77. The van der Waals surface area contributed by atoms with E-state index in [1.54, 1.807) is 0 Å². The Labute approximate surface area is 115 Å². The Kier molecular flexibility index (Phi) is 2.57. The molecule has 0 atom stereocenters. The zero-order chi connectivity index (χ0) is 13.0. The Morgan fingerprint density at radius 2 is 1.79 bits per heavy atom. The van der Waals surface area contributed by atoms with E-state index in [9.17, 15) is 0 Å². The average molecular weight is 259 g/mol. The third-order valence-corrected chi connectivity index (χ3v) is 6.08. The molecule has 1 heterocycles. The fourth-order valence-electron chi connectivity index (χ4n) is 5.65. The second-order valence-corrected chi connectivity index (χ2v) is 7.53. The molecule has 1 aromatic rings. The summed E-state index contributed by atoms with van der Waals surface area (Å²) in [5, 5.41) is 4.60. The third kappa shape index (κ3) is 1.85. The summed E-state index contributed by atoms with van der Waals surface area (Å²) in [5.41, 5.74) is 8.84. The van der Waals surface area contributed by atoms with E-state index in [0.717, 1.165) is 24.3 Å². The van der Waals surface area contributed by atoms with Crippen LogP contribution in [0.5, 0.6) is 0 Å². The van der Waals surface area contributed by atoms with E-state index < -0.39 is 0 Å². The van der Waals surface area contributed by atoms with E-state index in [4.69, 9.17) is 5.73 Å². The summed E-state index contributed by atoms with van der Waals surface area (Å²) in [4.78, 5) is 0. The van der Waals surface area contributed by atoms with E-state index in [2.05, 4.69) is 16.7 Å². The molecule has 5 rings (SSSR count). The van der Waals surface area contributed by atoms with Crippen LogP contribution in [-0.4, -0.2) is 9.78 Å². The first-order valence-electron chi connectivity index (χ1n) is 7.89. The molecule has 1 aromatic heterocycles. The molecule has 0 saturated heterocycles. The molecule has 0 radical (unpaired) electrons. The topological polar surface area (TPSA) is 43.8 Å². The highest BCUT2D eigenvalue weighted by molar-refractivity contribution is 5.16. The summed E-state index contributed by atoms with van der Waals surface area (Å²) in [5.74, 6) is 3.07. The predicted octanol–water partition coefficient (Wildman–Crippen LogP) is 2.87. The van der Waals surface area contributed by atoms with Gasteiger partial charge in [-0.2, -0.15) is 5.10 Å². The molecule has 2 N–H and O–H groups in total. The highest BCUT2D eigenvalue weighted by Gasteiger charge is 2.51. The lowest BCUT2D eigenvalue weighted by Gasteiger charge is -2.56. The standard InChI is InChI=1S/C16H25N3/c1-11-15(8-17)9-18-19(11)10-16-5-12-2-13(6-16)4-14(3-12)7-16/h9,12-14H,2-8,10,17H2,1H3. The molecular formula is C16H25N3. The van der Waals surface area contributed by atoms with Crippen molar-refractivity contribution in [2.24, 2.45) is 28.9 Å². The smallest absolute Gasteiger partial charge is 0.0537 e. The van der Waals surface area contributed by atoms with Crippen LogP contribution in [0.1, 0.15) is 49.8 Å². The molecule has 0 aromatic carbocycles. The van der Waals surface area contributed by atoms with Crippen LogP contribution in [0.3, 0.4) is 0 Å². The minimum atomic E-state index is 0.567. The SMILES string of the molecule is Cc1c(CN)cnn1CC12CC3CC(CC(C3)C1)C2. The normalized spacial score (nSPS) is 40.0. The molecule has 0 unspecified atom stereocenters. The van der Waals surface area contributed by atoms with Crippen molar-refractivity contribution in [2.75, 3.05) is 0 Å². The maximum absolute atomic E-state index is 5.77. The molecule has 4 saturated carbocycles. The van der Waals surface area contributed by atoms with Crippen LogP contribution in [0.15, 0.2) is 6.20 Å². The Balaban J connectivity index is 1.60. The van der Waals surface area contributed by atoms with Crippen LogP contribution in [-0.2, 0) is 13.1 Å². The Hall–Kier alpha value is -0.830. The molecule has 3 nitrogen and oxygen atoms in total. The number of hydrogen-bond donors (Lipinski definition) is 1. The molecule has 0 spiro atoms. The van der Waals surface area contributed by atoms with E-state index >= 15 is 0 Å². The van der Waals surface area contributed by atoms with Crippen molar-refractivity contribution in [2.45, 2.75) is 58.5 Å². The molecule has 19 heavy (non-hydrogen) atoms. The van der Waals surface area contributed by atoms with Gasteiger partial charge < -0.3 is 5.73 Å². The first kappa shape index (κ1) is 12.0. The van der Waals surface area contributed by atoms with Gasteiger partial charge in [-0.3, -0.25) is 4.68 Å². The van der Waals surface area contributed by atoms with Gasteiger partial charge in [0.25, 0.3) is 0 Å². The van der Waals surface area contributed by atoms with Gasteiger partial charge in [0.1, 0.15) is 0 Å². The van der Waals surface area contributed by atoms with Gasteiger partial charge in [-0.15, -0.1) is 0 Å². The van der Waals surface area contributed by atoms with Crippen molar-refractivity contribution in [3.63, 3.8) is 0 Å². The van der Waals surface area contributed by atoms with Gasteiger partial charge in [0, 0.05) is 24.3 Å². The van der Waals surface area contributed by atoms with Crippen molar-refractivity contribution in [1.82, 2.24) is 9.78 Å². The van der Waals surface area contributed by atoms with E-state index in [-0.39, 0.29) is 0 Å². The summed E-state index contributed by atoms with van der Waals surface area (Å²) in [7, 11) is 0. The van der Waals surface area contributed by atoms with E-state index in [1.807, 2.05) is 6.20 Å². The van der Waals surface area contributed by atoms with Gasteiger partial charge in [-0.05, 0) is 68.6 Å². The minimum Gasteiger partial charge on any atom is -0.326 e. The molecule has 4 aliphatic carbocycles. The third-order valence-electron chi connectivity index (χ3n) is 6.08. The first-order valence-corrected chi connectivity index (χ1v) is 7.89. The van der Waals surface area contributed by atoms with Gasteiger partial charge in [0.15, 0.2) is 0 Å². The fraction of sp³-hybridized carbons (Fsp3) is 0.812. The summed E-state index contributed by atoms with van der Waals surface area (Å²) in [6.45, 7) is 3.94. The largest absolute Gasteiger partial charge is 0.326 e. The molecular weight excluding hydrogens is 234 g/mol. The number of nitrogens with zero attached hydrogens (tertiary/aromatic N) is 2. The van der Waals surface area contributed by atoms with Crippen molar-refractivity contribution in [3.05, 3.63) is 17.5 Å². The summed E-state index contributed by atoms with van der Waals surface area (Å²) in [6.07, 6.45) is 10.9. The van der Waals surface area contributed by atoms with Gasteiger partial charge in [-0.1, -0.05) is 0 Å². The van der Waals surface area contributed by atoms with Crippen LogP contribution < -0.4 is 5.73 Å². The number of aromatic nitrogens is 2. The van der Waals surface area contributed by atoms with Crippen molar-refractivity contribution >= 4 is 0 Å². The first-order chi connectivity index (χ1) is 9.17. The molecule has 104 valence electrons. The minimum absolute atomic E-state index is 0.567. The summed E-state index contributed by atoms with van der Waals surface area (Å²) >= 11 is 0. The maximum Gasteiger partial charge on any atom is 0.0537 e. The average Bonchev–Trinajstić information content (AvgIpc) is 2.68. The zero-order valence-electron chi connectivity index (χ0n) is 11.9. The monoisotopic (exact) mass is 259 g/mol. The lowest BCUT2D eigenvalue weighted by molar-refractivity contribution is -0.0638. The van der Waals surface area contributed by atoms with Crippen molar-refractivity contribution in [1.29, 1.82) is 0 Å². The van der Waals surface area contributed by atoms with Crippen LogP contribution in [0, 0.1) is 30.1 Å². The number of rotatable bonds is 3. The summed E-state index contributed by atoms with van der Waals surface area (Å²) in [6, 6.07) is 0. The molecule has 3 heteroatoms. The lowest BCUT2D eigenvalue weighted by atomic mass is 9.49. The summed E-state index contributed by atoms with van der Waals surface area (Å²) < 4.78 is 2.25. The molecule has 4 fully saturated rings. The number of nitrogens with two attached hydrogens (primary N) is 1. The highest BCUT2D eigenvalue weighted by atomic mass is 15.3. The van der Waals surface area contributed by atoms with Crippen molar-refractivity contribution < 1.29 is 0 Å². The van der Waals surface area contributed by atoms with Crippen LogP contribution in [0.25, 0.3) is 0 Å². The predicted molar refractivity (Wildman–Crippen MR) is 75.5 cm³/mol. The van der Waals surface area contributed by atoms with Crippen molar-refractivity contribution in [3.8, 4) is 0 Å².